The Balaban J connectivity index is 1.66. The molecule has 174 valence electrons. The van der Waals surface area contributed by atoms with Crippen LogP contribution in [0.2, 0.25) is 0 Å². The van der Waals surface area contributed by atoms with Crippen LogP contribution in [-0.2, 0) is 33.7 Å². The van der Waals surface area contributed by atoms with Gasteiger partial charge in [-0.05, 0) is 57.9 Å². The van der Waals surface area contributed by atoms with Crippen molar-refractivity contribution in [3.63, 3.8) is 0 Å². The zero-order chi connectivity index (χ0) is 22.5. The van der Waals surface area contributed by atoms with E-state index in [1.807, 2.05) is 13.8 Å². The Bertz CT molecular complexity index is 1160. The highest BCUT2D eigenvalue weighted by molar-refractivity contribution is 7.18. The number of hydrogen-bond acceptors (Lipinski definition) is 6. The molecule has 8 nitrogen and oxygen atoms in total. The summed E-state index contributed by atoms with van der Waals surface area (Å²) < 4.78 is 14.2. The van der Waals surface area contributed by atoms with Crippen molar-refractivity contribution >= 4 is 27.5 Å². The van der Waals surface area contributed by atoms with Crippen molar-refractivity contribution in [1.29, 1.82) is 0 Å². The van der Waals surface area contributed by atoms with Gasteiger partial charge in [0.15, 0.2) is 0 Å². The highest BCUT2D eigenvalue weighted by Gasteiger charge is 2.34. The third-order valence-corrected chi connectivity index (χ3v) is 8.28. The molecule has 0 saturated carbocycles. The molecule has 32 heavy (non-hydrogen) atoms. The topological polar surface area (TPSA) is 82.8 Å². The second-order valence-corrected chi connectivity index (χ2v) is 10.8. The molecule has 1 atom stereocenters. The molecule has 1 amide bonds. The Morgan fingerprint density at radius 2 is 1.88 bits per heavy atom. The lowest BCUT2D eigenvalue weighted by atomic mass is 9.93. The number of carbonyl (C=O) groups is 1. The van der Waals surface area contributed by atoms with Gasteiger partial charge in [-0.25, -0.2) is 4.79 Å². The van der Waals surface area contributed by atoms with Crippen molar-refractivity contribution in [3.8, 4) is 0 Å². The predicted octanol–water partition coefficient (Wildman–Crippen LogP) is 2.09. The van der Waals surface area contributed by atoms with Crippen molar-refractivity contribution in [1.82, 2.24) is 14.0 Å². The molecule has 5 rings (SSSR count). The van der Waals surface area contributed by atoms with E-state index in [-0.39, 0.29) is 29.7 Å². The van der Waals surface area contributed by atoms with Gasteiger partial charge < -0.3 is 14.4 Å². The molecule has 0 bridgehead atoms. The van der Waals surface area contributed by atoms with Crippen molar-refractivity contribution in [3.05, 3.63) is 31.3 Å². The fourth-order valence-electron chi connectivity index (χ4n) is 5.32. The molecule has 1 aliphatic carbocycles. The number of thiophene rings is 1. The molecular weight excluding hydrogens is 430 g/mol. The van der Waals surface area contributed by atoms with Gasteiger partial charge in [0, 0.05) is 30.6 Å². The average Bonchev–Trinajstić information content (AvgIpc) is 3.16. The van der Waals surface area contributed by atoms with Crippen molar-refractivity contribution < 1.29 is 14.3 Å². The molecule has 1 unspecified atom stereocenters. The molecule has 0 N–H and O–H groups in total. The first kappa shape index (κ1) is 21.9. The Morgan fingerprint density at radius 3 is 2.62 bits per heavy atom. The molecule has 2 aliphatic heterocycles. The molecule has 0 spiro atoms. The molecular formula is C23H31N3O5S. The summed E-state index contributed by atoms with van der Waals surface area (Å²) >= 11 is 1.53. The van der Waals surface area contributed by atoms with E-state index in [4.69, 9.17) is 9.47 Å². The maximum absolute atomic E-state index is 13.7. The first-order valence-corrected chi connectivity index (χ1v) is 12.5. The number of aryl methyl sites for hydroxylation is 2. The minimum atomic E-state index is -0.397. The second-order valence-electron chi connectivity index (χ2n) is 9.68. The normalized spacial score (nSPS) is 23.3. The van der Waals surface area contributed by atoms with Crippen molar-refractivity contribution in [2.24, 2.45) is 0 Å². The molecule has 2 saturated heterocycles. The number of ether oxygens (including phenoxy) is 2. The summed E-state index contributed by atoms with van der Waals surface area (Å²) in [5, 5.41) is 0.656. The van der Waals surface area contributed by atoms with Crippen LogP contribution >= 0.6 is 11.3 Å². The van der Waals surface area contributed by atoms with Gasteiger partial charge in [-0.3, -0.25) is 18.7 Å². The third kappa shape index (κ3) is 3.84. The van der Waals surface area contributed by atoms with Crippen LogP contribution in [0.4, 0.5) is 0 Å². The summed E-state index contributed by atoms with van der Waals surface area (Å²) in [6, 6.07) is -0.230. The van der Waals surface area contributed by atoms with Gasteiger partial charge in [-0.15, -0.1) is 11.3 Å². The number of aromatic nitrogens is 2. The first-order chi connectivity index (χ1) is 15.4. The van der Waals surface area contributed by atoms with Gasteiger partial charge >= 0.3 is 5.69 Å². The number of morpholine rings is 1. The molecule has 2 fully saturated rings. The number of fused-ring (bicyclic) bond motifs is 3. The third-order valence-electron chi connectivity index (χ3n) is 6.96. The van der Waals surface area contributed by atoms with Gasteiger partial charge in [-0.2, -0.15) is 0 Å². The van der Waals surface area contributed by atoms with Crippen LogP contribution in [0.1, 0.15) is 56.0 Å². The van der Waals surface area contributed by atoms with Crippen LogP contribution in [0.25, 0.3) is 10.2 Å². The maximum Gasteiger partial charge on any atom is 0.332 e. The number of hydrogen-bond donors (Lipinski definition) is 0. The molecule has 4 heterocycles. The van der Waals surface area contributed by atoms with E-state index in [1.165, 1.54) is 20.8 Å². The van der Waals surface area contributed by atoms with Gasteiger partial charge in [0.1, 0.15) is 11.4 Å². The van der Waals surface area contributed by atoms with E-state index in [1.54, 1.807) is 9.47 Å². The average molecular weight is 462 g/mol. The summed E-state index contributed by atoms with van der Waals surface area (Å²) in [4.78, 5) is 44.2. The molecule has 2 aromatic heterocycles. The number of rotatable bonds is 3. The summed E-state index contributed by atoms with van der Waals surface area (Å²) in [5.74, 6) is -0.0967. The Labute approximate surface area is 190 Å². The summed E-state index contributed by atoms with van der Waals surface area (Å²) in [7, 11) is 0. The Kier molecular flexibility index (Phi) is 5.75. The standard InChI is InChI=1S/C23H31N3O5S/c1-23(2)13-15(7-10-31-23)26-20(28)19-16-5-3-4-6-17(16)32-21(19)25(22(26)29)14-18(27)24-8-11-30-12-9-24/h15H,3-14H2,1-2H3. The summed E-state index contributed by atoms with van der Waals surface area (Å²) in [6.45, 7) is 6.56. The quantitative estimate of drug-likeness (QED) is 0.699. The van der Waals surface area contributed by atoms with E-state index in [2.05, 4.69) is 0 Å². The lowest BCUT2D eigenvalue weighted by molar-refractivity contribution is -0.135. The minimum absolute atomic E-state index is 0.0401. The number of amides is 1. The smallest absolute Gasteiger partial charge is 0.332 e. The fourth-order valence-corrected chi connectivity index (χ4v) is 6.69. The van der Waals surface area contributed by atoms with Crippen LogP contribution in [0, 0.1) is 0 Å². The lowest BCUT2D eigenvalue weighted by Gasteiger charge is -2.36. The van der Waals surface area contributed by atoms with Crippen LogP contribution in [0.3, 0.4) is 0 Å². The van der Waals surface area contributed by atoms with Gasteiger partial charge in [0.2, 0.25) is 5.91 Å². The summed E-state index contributed by atoms with van der Waals surface area (Å²) in [6.07, 6.45) is 5.15. The zero-order valence-corrected chi connectivity index (χ0v) is 19.7. The number of nitrogens with zero attached hydrogens (tertiary/aromatic N) is 3. The van der Waals surface area contributed by atoms with Crippen molar-refractivity contribution in [2.75, 3.05) is 32.9 Å². The van der Waals surface area contributed by atoms with Crippen LogP contribution in [-0.4, -0.2) is 58.5 Å². The van der Waals surface area contributed by atoms with Crippen LogP contribution in [0.5, 0.6) is 0 Å². The highest BCUT2D eigenvalue weighted by atomic mass is 32.1. The largest absolute Gasteiger partial charge is 0.378 e. The van der Waals surface area contributed by atoms with E-state index in [0.717, 1.165) is 31.2 Å². The second kappa shape index (κ2) is 8.43. The zero-order valence-electron chi connectivity index (χ0n) is 18.9. The van der Waals surface area contributed by atoms with E-state index in [9.17, 15) is 14.4 Å². The molecule has 9 heteroatoms. The van der Waals surface area contributed by atoms with Crippen LogP contribution < -0.4 is 11.2 Å². The van der Waals surface area contributed by atoms with E-state index >= 15 is 0 Å². The Hall–Kier alpha value is -1.97. The predicted molar refractivity (Wildman–Crippen MR) is 123 cm³/mol. The van der Waals surface area contributed by atoms with Crippen molar-refractivity contribution in [2.45, 2.75) is 70.6 Å². The van der Waals surface area contributed by atoms with Crippen LogP contribution in [0.15, 0.2) is 9.59 Å². The van der Waals surface area contributed by atoms with E-state index in [0.29, 0.717) is 56.0 Å². The molecule has 0 radical (unpaired) electrons. The summed E-state index contributed by atoms with van der Waals surface area (Å²) in [5.41, 5.74) is 0.133. The van der Waals surface area contributed by atoms with Gasteiger partial charge in [-0.1, -0.05) is 0 Å². The van der Waals surface area contributed by atoms with Gasteiger partial charge in [0.25, 0.3) is 5.56 Å². The monoisotopic (exact) mass is 461 g/mol. The highest BCUT2D eigenvalue weighted by Crippen LogP contribution is 2.35. The lowest BCUT2D eigenvalue weighted by Crippen LogP contribution is -2.48. The molecule has 0 aromatic carbocycles. The van der Waals surface area contributed by atoms with Gasteiger partial charge in [0.05, 0.1) is 24.2 Å². The minimum Gasteiger partial charge on any atom is -0.378 e. The SMILES string of the molecule is CC1(C)CC(n2c(=O)c3c4c(sc3n(CC(=O)N3CCOCC3)c2=O)CCCC4)CCO1. The molecule has 3 aliphatic rings. The first-order valence-electron chi connectivity index (χ1n) is 11.6. The molecule has 2 aromatic rings. The number of carbonyl (C=O) groups excluding carboxylic acids is 1. The Morgan fingerprint density at radius 1 is 1.12 bits per heavy atom. The van der Waals surface area contributed by atoms with E-state index < -0.39 is 5.60 Å². The fraction of sp³-hybridized carbons (Fsp3) is 0.696. The maximum atomic E-state index is 13.7.